The first-order chi connectivity index (χ1) is 4.31. The van der Waals surface area contributed by atoms with Crippen molar-refractivity contribution in [1.29, 1.82) is 0 Å². The summed E-state index contributed by atoms with van der Waals surface area (Å²) in [5, 5.41) is 8.49. The van der Waals surface area contributed by atoms with Crippen molar-refractivity contribution in [3.63, 3.8) is 0 Å². The third-order valence-corrected chi connectivity index (χ3v) is 4.37. The lowest BCUT2D eigenvalue weighted by Gasteiger charge is -2.04. The number of aliphatic hydroxyl groups is 1. The first-order valence-corrected chi connectivity index (χ1v) is 6.50. The molecule has 0 aromatic carbocycles. The van der Waals surface area contributed by atoms with E-state index in [1.807, 2.05) is 0 Å². The van der Waals surface area contributed by atoms with Crippen LogP contribution in [0.25, 0.3) is 0 Å². The van der Waals surface area contributed by atoms with E-state index in [1.165, 1.54) is 12.1 Å². The molecule has 0 aromatic heterocycles. The van der Waals surface area contributed by atoms with Crippen LogP contribution in [0.1, 0.15) is 6.42 Å². The predicted octanol–water partition coefficient (Wildman–Crippen LogP) is 1.08. The Kier molecular flexibility index (Phi) is 6.80. The van der Waals surface area contributed by atoms with E-state index < -0.39 is 0 Å². The van der Waals surface area contributed by atoms with Gasteiger partial charge in [-0.3, -0.25) is 0 Å². The molecular formula is C6H14OSi2. The third-order valence-electron chi connectivity index (χ3n) is 1.31. The van der Waals surface area contributed by atoms with Gasteiger partial charge < -0.3 is 5.11 Å². The Morgan fingerprint density at radius 2 is 2.11 bits per heavy atom. The highest BCUT2D eigenvalue weighted by Gasteiger charge is 2.00. The second kappa shape index (κ2) is 6.51. The molecule has 0 aromatic rings. The lowest BCUT2D eigenvalue weighted by atomic mass is 10.5. The molecule has 0 saturated heterocycles. The van der Waals surface area contributed by atoms with Gasteiger partial charge in [0.1, 0.15) is 0 Å². The van der Waals surface area contributed by atoms with Crippen LogP contribution in [0.3, 0.4) is 0 Å². The molecule has 1 N–H and O–H groups in total. The van der Waals surface area contributed by atoms with Crippen molar-refractivity contribution in [3.05, 3.63) is 0 Å². The number of rotatable bonds is 5. The summed E-state index contributed by atoms with van der Waals surface area (Å²) in [5.41, 5.74) is 0. The molecule has 0 rings (SSSR count). The van der Waals surface area contributed by atoms with E-state index in [4.69, 9.17) is 5.11 Å². The second-order valence-electron chi connectivity index (χ2n) is 2.28. The number of hydrogen-bond acceptors (Lipinski definition) is 1. The molecule has 0 unspecified atom stereocenters. The molecule has 1 nitrogen and oxygen atoms in total. The molecule has 0 aliphatic rings. The highest BCUT2D eigenvalue weighted by molar-refractivity contribution is 6.57. The fourth-order valence-electron chi connectivity index (χ4n) is 0.719. The van der Waals surface area contributed by atoms with Gasteiger partial charge in [-0.05, 0) is 6.42 Å². The summed E-state index contributed by atoms with van der Waals surface area (Å²) in [5.74, 6) is 0. The zero-order chi connectivity index (χ0) is 7.11. The fraction of sp³-hybridized carbons (Fsp3) is 1.00. The van der Waals surface area contributed by atoms with Gasteiger partial charge >= 0.3 is 0 Å². The van der Waals surface area contributed by atoms with Crippen LogP contribution < -0.4 is 0 Å². The van der Waals surface area contributed by atoms with Crippen molar-refractivity contribution in [2.45, 2.75) is 31.1 Å². The van der Waals surface area contributed by atoms with E-state index in [0.717, 1.165) is 12.5 Å². The van der Waals surface area contributed by atoms with Gasteiger partial charge in [0.2, 0.25) is 0 Å². The number of aliphatic hydroxyl groups excluding tert-OH is 1. The van der Waals surface area contributed by atoms with E-state index >= 15 is 0 Å². The minimum absolute atomic E-state index is 0.112. The molecule has 52 valence electrons. The minimum Gasteiger partial charge on any atom is -0.396 e. The van der Waals surface area contributed by atoms with Crippen LogP contribution in [0.5, 0.6) is 0 Å². The van der Waals surface area contributed by atoms with Gasteiger partial charge in [0.05, 0.1) is 0 Å². The van der Waals surface area contributed by atoms with Gasteiger partial charge in [-0.1, -0.05) is 24.7 Å². The summed E-state index contributed by atoms with van der Waals surface area (Å²) in [7, 11) is 3.34. The van der Waals surface area contributed by atoms with Crippen molar-refractivity contribution in [2.24, 2.45) is 0 Å². The minimum atomic E-state index is -0.112. The number of hydrogen-bond donors (Lipinski definition) is 1. The molecular weight excluding hydrogens is 144 g/mol. The lowest BCUT2D eigenvalue weighted by molar-refractivity contribution is 0.294. The van der Waals surface area contributed by atoms with Gasteiger partial charge in [-0.15, -0.1) is 0 Å². The first-order valence-electron chi connectivity index (χ1n) is 3.38. The van der Waals surface area contributed by atoms with Gasteiger partial charge in [0.25, 0.3) is 0 Å². The molecule has 0 heterocycles. The Morgan fingerprint density at radius 1 is 1.44 bits per heavy atom. The summed E-state index contributed by atoms with van der Waals surface area (Å²) in [6, 6.07) is 3.70. The quantitative estimate of drug-likeness (QED) is 0.594. The standard InChI is InChI=1S/C6H14OSi2/c1-9(6-4-8)5-2-3-7/h7H,2-6H2,1H3. The molecule has 4 radical (unpaired) electrons. The SMILES string of the molecule is C[Si](CC[Si])CCCO. The van der Waals surface area contributed by atoms with E-state index in [9.17, 15) is 0 Å². The van der Waals surface area contributed by atoms with Crippen LogP contribution in [-0.4, -0.2) is 30.8 Å². The normalized spacial score (nSPS) is 10.7. The van der Waals surface area contributed by atoms with Crippen LogP contribution in [0.2, 0.25) is 24.7 Å². The largest absolute Gasteiger partial charge is 0.396 e. The molecule has 0 amide bonds. The van der Waals surface area contributed by atoms with Crippen LogP contribution >= 0.6 is 0 Å². The fourth-order valence-corrected chi connectivity index (χ4v) is 3.44. The summed E-state index contributed by atoms with van der Waals surface area (Å²) in [4.78, 5) is 0. The second-order valence-corrected chi connectivity index (χ2v) is 5.70. The summed E-state index contributed by atoms with van der Waals surface area (Å²) >= 11 is 0. The average molecular weight is 158 g/mol. The zero-order valence-electron chi connectivity index (χ0n) is 5.98. The Balaban J connectivity index is 2.95. The lowest BCUT2D eigenvalue weighted by Crippen LogP contribution is -2.06. The molecule has 9 heavy (non-hydrogen) atoms. The summed E-state index contributed by atoms with van der Waals surface area (Å²) < 4.78 is 0. The molecule has 0 bridgehead atoms. The van der Waals surface area contributed by atoms with Crippen molar-refractivity contribution < 1.29 is 5.11 Å². The van der Waals surface area contributed by atoms with Crippen molar-refractivity contribution in [1.82, 2.24) is 0 Å². The van der Waals surface area contributed by atoms with E-state index in [0.29, 0.717) is 6.61 Å². The molecule has 0 spiro atoms. The van der Waals surface area contributed by atoms with Gasteiger partial charge in [-0.25, -0.2) is 0 Å². The van der Waals surface area contributed by atoms with Gasteiger partial charge in [0, 0.05) is 25.6 Å². The smallest absolute Gasteiger partial charge is 0.0443 e. The van der Waals surface area contributed by atoms with Crippen LogP contribution in [0, 0.1) is 0 Å². The maximum absolute atomic E-state index is 8.49. The van der Waals surface area contributed by atoms with Crippen LogP contribution in [-0.2, 0) is 0 Å². The van der Waals surface area contributed by atoms with Gasteiger partial charge in [0.15, 0.2) is 0 Å². The Morgan fingerprint density at radius 3 is 2.56 bits per heavy atom. The highest BCUT2D eigenvalue weighted by atomic mass is 28.3. The Bertz CT molecular complexity index is 59.0. The average Bonchev–Trinajstić information content (AvgIpc) is 1.85. The van der Waals surface area contributed by atoms with E-state index in [2.05, 4.69) is 16.8 Å². The summed E-state index contributed by atoms with van der Waals surface area (Å²) in [6.45, 7) is 2.68. The monoisotopic (exact) mass is 158 g/mol. The molecule has 0 fully saturated rings. The summed E-state index contributed by atoms with van der Waals surface area (Å²) in [6.07, 6.45) is 0.997. The Labute approximate surface area is 62.5 Å². The third kappa shape index (κ3) is 6.28. The zero-order valence-corrected chi connectivity index (χ0v) is 7.98. The molecule has 0 aliphatic heterocycles. The van der Waals surface area contributed by atoms with Crippen LogP contribution in [0.4, 0.5) is 0 Å². The van der Waals surface area contributed by atoms with E-state index in [1.54, 1.807) is 0 Å². The predicted molar refractivity (Wildman–Crippen MR) is 43.5 cm³/mol. The van der Waals surface area contributed by atoms with Gasteiger partial charge in [-0.2, -0.15) is 0 Å². The maximum atomic E-state index is 8.49. The van der Waals surface area contributed by atoms with E-state index in [-0.39, 0.29) is 8.80 Å². The molecule has 0 atom stereocenters. The highest BCUT2D eigenvalue weighted by Crippen LogP contribution is 2.03. The topological polar surface area (TPSA) is 20.2 Å². The van der Waals surface area contributed by atoms with Crippen molar-refractivity contribution >= 4 is 19.0 Å². The van der Waals surface area contributed by atoms with Crippen molar-refractivity contribution in [2.75, 3.05) is 6.61 Å². The van der Waals surface area contributed by atoms with Crippen LogP contribution in [0.15, 0.2) is 0 Å². The molecule has 0 aliphatic carbocycles. The maximum Gasteiger partial charge on any atom is 0.0443 e. The molecule has 0 saturated carbocycles. The first kappa shape index (κ1) is 9.39. The Hall–Kier alpha value is 0.394. The van der Waals surface area contributed by atoms with Crippen molar-refractivity contribution in [3.8, 4) is 0 Å². The molecule has 3 heteroatoms.